The molecular formula is C19H20BrClFN5O. The number of allylic oxidation sites excluding steroid dienone is 1. The van der Waals surface area contributed by atoms with E-state index in [1.807, 2.05) is 6.07 Å². The van der Waals surface area contributed by atoms with Crippen LogP contribution in [0, 0.1) is 5.82 Å². The first-order valence-corrected chi connectivity index (χ1v) is 10.4. The third-order valence-electron chi connectivity index (χ3n) is 4.25. The minimum absolute atomic E-state index is 0.0441. The van der Waals surface area contributed by atoms with E-state index >= 15 is 0 Å². The molecule has 2 N–H and O–H groups in total. The Morgan fingerprint density at radius 2 is 2.32 bits per heavy atom. The monoisotopic (exact) mass is 467 g/mol. The lowest BCUT2D eigenvalue weighted by molar-refractivity contribution is -0.127. The van der Waals surface area contributed by atoms with E-state index in [9.17, 15) is 9.18 Å². The van der Waals surface area contributed by atoms with Crippen LogP contribution in [0.2, 0.25) is 5.02 Å². The third-order valence-corrected chi connectivity index (χ3v) is 4.86. The van der Waals surface area contributed by atoms with E-state index in [2.05, 4.69) is 36.5 Å². The summed E-state index contributed by atoms with van der Waals surface area (Å²) < 4.78 is 14.2. The maximum atomic E-state index is 14.2. The molecule has 0 unspecified atom stereocenters. The molecule has 6 nitrogen and oxygen atoms in total. The fraction of sp³-hybridized carbons (Fsp3) is 0.316. The molecule has 1 aromatic carbocycles. The van der Waals surface area contributed by atoms with Crippen LogP contribution < -0.4 is 10.6 Å². The molecule has 28 heavy (non-hydrogen) atoms. The summed E-state index contributed by atoms with van der Waals surface area (Å²) in [7, 11) is 0. The molecule has 2 heterocycles. The number of amides is 1. The quantitative estimate of drug-likeness (QED) is 0.487. The maximum Gasteiger partial charge on any atom is 0.246 e. The number of likely N-dealkylation sites (tertiary alicyclic amines) is 1. The molecule has 0 bridgehead atoms. The van der Waals surface area contributed by atoms with Gasteiger partial charge in [0, 0.05) is 35.2 Å². The molecule has 0 spiro atoms. The molecule has 1 saturated heterocycles. The van der Waals surface area contributed by atoms with E-state index in [4.69, 9.17) is 11.6 Å². The van der Waals surface area contributed by atoms with Crippen molar-refractivity contribution < 1.29 is 9.18 Å². The second kappa shape index (κ2) is 9.84. The van der Waals surface area contributed by atoms with Crippen LogP contribution in [0.15, 0.2) is 42.6 Å². The highest BCUT2D eigenvalue weighted by Crippen LogP contribution is 2.21. The Morgan fingerprint density at radius 1 is 1.46 bits per heavy atom. The number of rotatable bonds is 6. The van der Waals surface area contributed by atoms with Crippen molar-refractivity contribution in [1.82, 2.24) is 14.9 Å². The van der Waals surface area contributed by atoms with Gasteiger partial charge in [0.05, 0.1) is 6.20 Å². The number of hydrogen-bond acceptors (Lipinski definition) is 5. The van der Waals surface area contributed by atoms with Crippen molar-refractivity contribution in [2.24, 2.45) is 0 Å². The zero-order valence-corrected chi connectivity index (χ0v) is 17.4. The van der Waals surface area contributed by atoms with Gasteiger partial charge < -0.3 is 15.5 Å². The van der Waals surface area contributed by atoms with Crippen LogP contribution in [-0.2, 0) is 4.79 Å². The Labute approximate surface area is 176 Å². The lowest BCUT2D eigenvalue weighted by atomic mass is 10.1. The Bertz CT molecular complexity index is 866. The van der Waals surface area contributed by atoms with Crippen LogP contribution in [0.1, 0.15) is 12.8 Å². The number of nitrogens with one attached hydrogen (secondary N) is 2. The third kappa shape index (κ3) is 5.65. The van der Waals surface area contributed by atoms with E-state index in [-0.39, 0.29) is 23.7 Å². The molecule has 148 valence electrons. The zero-order chi connectivity index (χ0) is 19.9. The normalized spacial score (nSPS) is 17.0. The Morgan fingerprint density at radius 3 is 3.11 bits per heavy atom. The number of alkyl halides is 1. The zero-order valence-electron chi connectivity index (χ0n) is 15.0. The molecule has 1 atom stereocenters. The highest BCUT2D eigenvalue weighted by Gasteiger charge is 2.23. The summed E-state index contributed by atoms with van der Waals surface area (Å²) in [5, 5.41) is 7.32. The molecule has 0 aliphatic carbocycles. The SMILES string of the molecule is O=C(/C=C/CBr)N1CCC[C@@H](Nc2nc(Nc3cccc(Cl)c3)ncc2F)C1. The predicted molar refractivity (Wildman–Crippen MR) is 113 cm³/mol. The van der Waals surface area contributed by atoms with Gasteiger partial charge in [-0.1, -0.05) is 39.7 Å². The second-order valence-electron chi connectivity index (χ2n) is 6.35. The molecule has 0 saturated carbocycles. The molecular weight excluding hydrogens is 449 g/mol. The summed E-state index contributed by atoms with van der Waals surface area (Å²) in [6, 6.07) is 7.02. The van der Waals surface area contributed by atoms with E-state index in [0.29, 0.717) is 29.1 Å². The van der Waals surface area contributed by atoms with Crippen LogP contribution >= 0.6 is 27.5 Å². The van der Waals surface area contributed by atoms with Crippen molar-refractivity contribution in [3.8, 4) is 0 Å². The highest BCUT2D eigenvalue weighted by molar-refractivity contribution is 9.09. The van der Waals surface area contributed by atoms with Gasteiger partial charge in [-0.05, 0) is 37.1 Å². The predicted octanol–water partition coefficient (Wildman–Crippen LogP) is 4.37. The first-order valence-electron chi connectivity index (χ1n) is 8.88. The van der Waals surface area contributed by atoms with Crippen molar-refractivity contribution in [2.75, 3.05) is 29.1 Å². The van der Waals surface area contributed by atoms with Gasteiger partial charge in [-0.2, -0.15) is 4.98 Å². The summed E-state index contributed by atoms with van der Waals surface area (Å²) >= 11 is 9.24. The van der Waals surface area contributed by atoms with Gasteiger partial charge in [-0.15, -0.1) is 0 Å². The van der Waals surface area contributed by atoms with E-state index < -0.39 is 5.82 Å². The number of carbonyl (C=O) groups is 1. The van der Waals surface area contributed by atoms with Crippen molar-refractivity contribution in [3.63, 3.8) is 0 Å². The highest BCUT2D eigenvalue weighted by atomic mass is 79.9. The standard InChI is InChI=1S/C19H20BrClFN5O/c20-8-2-7-17(28)27-9-3-6-15(12-27)24-18-16(22)11-23-19(26-18)25-14-5-1-4-13(21)10-14/h1-2,4-5,7,10-11,15H,3,6,8-9,12H2,(H2,23,24,25,26)/b7-2+/t15-/m1/s1. The fourth-order valence-electron chi connectivity index (χ4n) is 2.96. The lowest BCUT2D eigenvalue weighted by Gasteiger charge is -2.32. The number of halogens is 3. The van der Waals surface area contributed by atoms with E-state index in [1.165, 1.54) is 0 Å². The van der Waals surface area contributed by atoms with Crippen molar-refractivity contribution in [2.45, 2.75) is 18.9 Å². The molecule has 1 aromatic heterocycles. The fourth-order valence-corrected chi connectivity index (χ4v) is 3.34. The topological polar surface area (TPSA) is 70.2 Å². The van der Waals surface area contributed by atoms with Gasteiger partial charge in [0.25, 0.3) is 0 Å². The summed E-state index contributed by atoms with van der Waals surface area (Å²) in [4.78, 5) is 22.1. The molecule has 1 fully saturated rings. The summed E-state index contributed by atoms with van der Waals surface area (Å²) in [5.74, 6) is -0.221. The molecule has 1 aliphatic rings. The number of aromatic nitrogens is 2. The summed E-state index contributed by atoms with van der Waals surface area (Å²) in [5.41, 5.74) is 0.707. The number of carbonyl (C=O) groups excluding carboxylic acids is 1. The molecule has 2 aromatic rings. The number of hydrogen-bond donors (Lipinski definition) is 2. The van der Waals surface area contributed by atoms with E-state index in [0.717, 1.165) is 19.0 Å². The van der Waals surface area contributed by atoms with Gasteiger partial charge in [0.1, 0.15) is 0 Å². The number of piperidine rings is 1. The summed E-state index contributed by atoms with van der Waals surface area (Å²) in [6.07, 6.45) is 6.09. The Balaban J connectivity index is 1.68. The number of anilines is 3. The van der Waals surface area contributed by atoms with Crippen molar-refractivity contribution in [3.05, 3.63) is 53.5 Å². The Hall–Kier alpha value is -2.19. The second-order valence-corrected chi connectivity index (χ2v) is 7.43. The summed E-state index contributed by atoms with van der Waals surface area (Å²) in [6.45, 7) is 1.18. The van der Waals surface area contributed by atoms with Gasteiger partial charge in [-0.3, -0.25) is 4.79 Å². The van der Waals surface area contributed by atoms with Crippen LogP contribution in [0.4, 0.5) is 21.8 Å². The molecule has 1 amide bonds. The van der Waals surface area contributed by atoms with Crippen molar-refractivity contribution in [1.29, 1.82) is 0 Å². The number of nitrogens with zero attached hydrogens (tertiary/aromatic N) is 3. The van der Waals surface area contributed by atoms with Crippen LogP contribution in [-0.4, -0.2) is 45.2 Å². The average molecular weight is 469 g/mol. The van der Waals surface area contributed by atoms with Crippen LogP contribution in [0.25, 0.3) is 0 Å². The van der Waals surface area contributed by atoms with Crippen molar-refractivity contribution >= 4 is 50.9 Å². The average Bonchev–Trinajstić information content (AvgIpc) is 2.69. The van der Waals surface area contributed by atoms with E-state index in [1.54, 1.807) is 35.3 Å². The molecule has 9 heteroatoms. The minimum atomic E-state index is -0.542. The first-order chi connectivity index (χ1) is 13.5. The van der Waals surface area contributed by atoms with Crippen LogP contribution in [0.5, 0.6) is 0 Å². The van der Waals surface area contributed by atoms with Gasteiger partial charge in [0.2, 0.25) is 11.9 Å². The van der Waals surface area contributed by atoms with Gasteiger partial charge in [0.15, 0.2) is 11.6 Å². The Kier molecular flexibility index (Phi) is 7.22. The van der Waals surface area contributed by atoms with Gasteiger partial charge in [-0.25, -0.2) is 9.37 Å². The van der Waals surface area contributed by atoms with Gasteiger partial charge >= 0.3 is 0 Å². The minimum Gasteiger partial charge on any atom is -0.363 e. The first kappa shape index (κ1) is 20.5. The molecule has 0 radical (unpaired) electrons. The lowest BCUT2D eigenvalue weighted by Crippen LogP contribution is -2.44. The maximum absolute atomic E-state index is 14.2. The molecule has 1 aliphatic heterocycles. The van der Waals surface area contributed by atoms with Crippen LogP contribution in [0.3, 0.4) is 0 Å². The largest absolute Gasteiger partial charge is 0.363 e. The molecule has 3 rings (SSSR count). The number of benzene rings is 1. The smallest absolute Gasteiger partial charge is 0.246 e.